The summed E-state index contributed by atoms with van der Waals surface area (Å²) in [7, 11) is 1.40. The van der Waals surface area contributed by atoms with E-state index < -0.39 is 5.97 Å². The second-order valence-electron chi connectivity index (χ2n) is 5.13. The number of ether oxygens (including phenoxy) is 1. The van der Waals surface area contributed by atoms with Gasteiger partial charge in [-0.3, -0.25) is 0 Å². The Morgan fingerprint density at radius 1 is 1.40 bits per heavy atom. The van der Waals surface area contributed by atoms with Gasteiger partial charge >= 0.3 is 5.97 Å². The highest BCUT2D eigenvalue weighted by Gasteiger charge is 2.16. The van der Waals surface area contributed by atoms with Crippen LogP contribution in [0.5, 0.6) is 11.6 Å². The van der Waals surface area contributed by atoms with Crippen molar-refractivity contribution in [3.8, 4) is 11.6 Å². The third kappa shape index (κ3) is 3.07. The van der Waals surface area contributed by atoms with Crippen molar-refractivity contribution in [1.82, 2.24) is 15.0 Å². The van der Waals surface area contributed by atoms with Gasteiger partial charge in [-0.25, -0.2) is 14.8 Å². The van der Waals surface area contributed by atoms with Crippen molar-refractivity contribution in [2.24, 2.45) is 5.16 Å². The molecule has 0 unspecified atom stereocenters. The number of carbonyl (C=O) groups is 1. The lowest BCUT2D eigenvalue weighted by molar-refractivity contribution is 0.0698. The molecule has 0 spiro atoms. The van der Waals surface area contributed by atoms with Crippen LogP contribution in [0, 0.1) is 6.92 Å². The van der Waals surface area contributed by atoms with Crippen LogP contribution in [0.1, 0.15) is 21.6 Å². The fourth-order valence-electron chi connectivity index (χ4n) is 2.46. The molecule has 0 aliphatic heterocycles. The number of hydrogen-bond donors (Lipinski definition) is 3. The summed E-state index contributed by atoms with van der Waals surface area (Å²) in [6.07, 6.45) is 2.60. The van der Waals surface area contributed by atoms with Crippen molar-refractivity contribution in [3.63, 3.8) is 0 Å². The molecule has 0 bridgehead atoms. The number of hydrogen-bond acceptors (Lipinski definition) is 7. The highest BCUT2D eigenvalue weighted by Crippen LogP contribution is 2.30. The van der Waals surface area contributed by atoms with Gasteiger partial charge in [0.2, 0.25) is 5.88 Å². The van der Waals surface area contributed by atoms with Crippen LogP contribution >= 0.6 is 0 Å². The van der Waals surface area contributed by atoms with Crippen molar-refractivity contribution >= 4 is 28.9 Å². The van der Waals surface area contributed by atoms with Gasteiger partial charge in [0.25, 0.3) is 0 Å². The highest BCUT2D eigenvalue weighted by atomic mass is 16.6. The van der Waals surface area contributed by atoms with E-state index in [1.54, 1.807) is 25.1 Å². The lowest BCUT2D eigenvalue weighted by Crippen LogP contribution is -2.02. The van der Waals surface area contributed by atoms with Gasteiger partial charge in [-0.1, -0.05) is 5.16 Å². The Kier molecular flexibility index (Phi) is 4.21. The largest absolute Gasteiger partial charge is 0.478 e. The van der Waals surface area contributed by atoms with Crippen LogP contribution in [0.25, 0.3) is 10.9 Å². The number of nitrogens with two attached hydrogens (primary N) is 1. The Hall–Kier alpha value is -3.62. The number of carboxylic acid groups (broad SMARTS) is 1. The van der Waals surface area contributed by atoms with E-state index in [1.165, 1.54) is 19.7 Å². The number of oxime groups is 1. The maximum Gasteiger partial charge on any atom is 0.338 e. The first-order valence-electron chi connectivity index (χ1n) is 7.21. The fourth-order valence-corrected chi connectivity index (χ4v) is 2.46. The second-order valence-corrected chi connectivity index (χ2v) is 5.13. The zero-order valence-electron chi connectivity index (χ0n) is 13.5. The normalized spacial score (nSPS) is 11.1. The molecule has 0 aliphatic rings. The summed E-state index contributed by atoms with van der Waals surface area (Å²) in [5.74, 6) is -0.258. The molecule has 0 fully saturated rings. The first kappa shape index (κ1) is 16.2. The number of carboxylic acids is 1. The smallest absolute Gasteiger partial charge is 0.338 e. The SMILES string of the molecule is CON=Cc1c(N)ncnc1Oc1ccc2[nH]c(C)c(C(=O)O)c2c1. The summed E-state index contributed by atoms with van der Waals surface area (Å²) in [6.45, 7) is 1.70. The molecule has 2 heterocycles. The van der Waals surface area contributed by atoms with Gasteiger partial charge in [0.1, 0.15) is 30.6 Å². The zero-order chi connectivity index (χ0) is 18.0. The summed E-state index contributed by atoms with van der Waals surface area (Å²) in [5.41, 5.74) is 7.63. The molecule has 128 valence electrons. The molecule has 0 aliphatic carbocycles. The molecular weight excluding hydrogens is 326 g/mol. The molecular formula is C16H15N5O4. The number of anilines is 1. The minimum atomic E-state index is -1.01. The molecule has 9 heteroatoms. The summed E-state index contributed by atoms with van der Waals surface area (Å²) >= 11 is 0. The van der Waals surface area contributed by atoms with Crippen LogP contribution in [-0.4, -0.2) is 39.4 Å². The molecule has 2 aromatic heterocycles. The van der Waals surface area contributed by atoms with E-state index in [-0.39, 0.29) is 17.3 Å². The number of nitrogen functional groups attached to an aromatic ring is 1. The third-order valence-corrected chi connectivity index (χ3v) is 3.55. The monoisotopic (exact) mass is 341 g/mol. The molecule has 4 N–H and O–H groups in total. The molecule has 0 amide bonds. The molecule has 3 rings (SSSR count). The molecule has 0 atom stereocenters. The van der Waals surface area contributed by atoms with Crippen LogP contribution in [0.15, 0.2) is 29.7 Å². The molecule has 25 heavy (non-hydrogen) atoms. The number of aromatic carboxylic acids is 1. The Balaban J connectivity index is 2.04. The van der Waals surface area contributed by atoms with Crippen LogP contribution in [0.3, 0.4) is 0 Å². The summed E-state index contributed by atoms with van der Waals surface area (Å²) < 4.78 is 5.75. The van der Waals surface area contributed by atoms with Crippen LogP contribution < -0.4 is 10.5 Å². The van der Waals surface area contributed by atoms with E-state index in [1.807, 2.05) is 0 Å². The first-order chi connectivity index (χ1) is 12.0. The van der Waals surface area contributed by atoms with Crippen molar-refractivity contribution in [3.05, 3.63) is 41.3 Å². The van der Waals surface area contributed by atoms with E-state index in [0.29, 0.717) is 27.9 Å². The average molecular weight is 341 g/mol. The van der Waals surface area contributed by atoms with E-state index in [9.17, 15) is 9.90 Å². The minimum Gasteiger partial charge on any atom is -0.478 e. The Labute approximate surface area is 142 Å². The number of nitrogens with zero attached hydrogens (tertiary/aromatic N) is 3. The standard InChI is InChI=1S/C16H15N5O4/c1-8-13(16(22)23)10-5-9(3-4-12(10)21-8)25-15-11(6-20-24-2)14(17)18-7-19-15/h3-7,21H,1-2H3,(H,22,23)(H2,17,18,19). The third-order valence-electron chi connectivity index (χ3n) is 3.55. The number of rotatable bonds is 5. The maximum atomic E-state index is 11.5. The quantitative estimate of drug-likeness (QED) is 0.478. The number of H-pyrrole nitrogens is 1. The molecule has 9 nitrogen and oxygen atoms in total. The molecule has 0 radical (unpaired) electrons. The van der Waals surface area contributed by atoms with Gasteiger partial charge in [0.05, 0.1) is 11.8 Å². The lowest BCUT2D eigenvalue weighted by atomic mass is 10.1. The van der Waals surface area contributed by atoms with E-state index in [4.69, 9.17) is 10.5 Å². The first-order valence-corrected chi connectivity index (χ1v) is 7.21. The average Bonchev–Trinajstić information content (AvgIpc) is 2.89. The predicted molar refractivity (Wildman–Crippen MR) is 91.1 cm³/mol. The van der Waals surface area contributed by atoms with E-state index in [2.05, 4.69) is 24.9 Å². The molecule has 0 saturated heterocycles. The van der Waals surface area contributed by atoms with Crippen molar-refractivity contribution in [2.75, 3.05) is 12.8 Å². The number of nitrogens with one attached hydrogen (secondary N) is 1. The van der Waals surface area contributed by atoms with Crippen molar-refractivity contribution in [2.45, 2.75) is 6.92 Å². The fraction of sp³-hybridized carbons (Fsp3) is 0.125. The zero-order valence-corrected chi connectivity index (χ0v) is 13.5. The molecule has 0 saturated carbocycles. The Bertz CT molecular complexity index is 980. The molecule has 1 aromatic carbocycles. The number of aryl methyl sites for hydroxylation is 1. The van der Waals surface area contributed by atoms with Gasteiger partial charge < -0.3 is 25.4 Å². The van der Waals surface area contributed by atoms with Gasteiger partial charge in [0, 0.05) is 16.6 Å². The Morgan fingerprint density at radius 2 is 2.20 bits per heavy atom. The van der Waals surface area contributed by atoms with E-state index in [0.717, 1.165) is 0 Å². The number of aromatic nitrogens is 3. The summed E-state index contributed by atoms with van der Waals surface area (Å²) in [5, 5.41) is 13.6. The second kappa shape index (κ2) is 6.48. The van der Waals surface area contributed by atoms with Gasteiger partial charge in [0.15, 0.2) is 0 Å². The topological polar surface area (TPSA) is 136 Å². The Morgan fingerprint density at radius 3 is 2.92 bits per heavy atom. The van der Waals surface area contributed by atoms with Crippen LogP contribution in [0.4, 0.5) is 5.82 Å². The summed E-state index contributed by atoms with van der Waals surface area (Å²) in [6, 6.07) is 5.05. The predicted octanol–water partition coefficient (Wildman–Crippen LogP) is 2.32. The van der Waals surface area contributed by atoms with Crippen LogP contribution in [0.2, 0.25) is 0 Å². The van der Waals surface area contributed by atoms with Gasteiger partial charge in [-0.15, -0.1) is 0 Å². The van der Waals surface area contributed by atoms with Gasteiger partial charge in [-0.2, -0.15) is 0 Å². The van der Waals surface area contributed by atoms with Crippen molar-refractivity contribution < 1.29 is 19.5 Å². The number of benzene rings is 1. The lowest BCUT2D eigenvalue weighted by Gasteiger charge is -2.08. The number of aromatic amines is 1. The van der Waals surface area contributed by atoms with E-state index >= 15 is 0 Å². The molecule has 3 aromatic rings. The minimum absolute atomic E-state index is 0.176. The van der Waals surface area contributed by atoms with Gasteiger partial charge in [-0.05, 0) is 25.1 Å². The maximum absolute atomic E-state index is 11.5. The highest BCUT2D eigenvalue weighted by molar-refractivity contribution is 6.05. The van der Waals surface area contributed by atoms with Crippen LogP contribution in [-0.2, 0) is 4.84 Å². The number of fused-ring (bicyclic) bond motifs is 1. The van der Waals surface area contributed by atoms with Crippen molar-refractivity contribution in [1.29, 1.82) is 0 Å². The summed E-state index contributed by atoms with van der Waals surface area (Å²) in [4.78, 5) is 27.1.